The molecule has 0 bridgehead atoms. The van der Waals surface area contributed by atoms with Crippen molar-refractivity contribution in [3.05, 3.63) is 65.5 Å². The molecule has 0 aliphatic heterocycles. The van der Waals surface area contributed by atoms with Gasteiger partial charge in [-0.15, -0.1) is 10.2 Å². The highest BCUT2D eigenvalue weighted by Crippen LogP contribution is 2.20. The SMILES string of the molecule is COc1ccc(C(NC(=O)Cc2nn[nH]n2)C(=O)Cc2ccc([Si](C)(C)C)cc2)cc1. The van der Waals surface area contributed by atoms with Crippen LogP contribution in [0.4, 0.5) is 0 Å². The summed E-state index contributed by atoms with van der Waals surface area (Å²) >= 11 is 0. The highest BCUT2D eigenvalue weighted by Gasteiger charge is 2.24. The van der Waals surface area contributed by atoms with Crippen molar-refractivity contribution in [3.63, 3.8) is 0 Å². The molecule has 9 heteroatoms. The van der Waals surface area contributed by atoms with Gasteiger partial charge in [0.05, 0.1) is 21.6 Å². The summed E-state index contributed by atoms with van der Waals surface area (Å²) in [4.78, 5) is 25.7. The van der Waals surface area contributed by atoms with Crippen molar-refractivity contribution in [3.8, 4) is 5.75 Å². The van der Waals surface area contributed by atoms with E-state index in [9.17, 15) is 9.59 Å². The van der Waals surface area contributed by atoms with E-state index in [0.717, 1.165) is 5.56 Å². The molecule has 0 fully saturated rings. The molecule has 1 amide bonds. The third kappa shape index (κ3) is 6.08. The number of carbonyl (C=O) groups is 2. The number of aromatic nitrogens is 4. The van der Waals surface area contributed by atoms with Crippen LogP contribution in [0.15, 0.2) is 48.5 Å². The molecule has 0 saturated heterocycles. The average molecular weight is 438 g/mol. The molecular weight excluding hydrogens is 410 g/mol. The average Bonchev–Trinajstić information content (AvgIpc) is 3.25. The molecule has 1 unspecified atom stereocenters. The predicted octanol–water partition coefficient (Wildman–Crippen LogP) is 1.97. The minimum Gasteiger partial charge on any atom is -0.497 e. The standard InChI is InChI=1S/C22H27N5O3Si/c1-30-17-9-7-16(8-10-17)22(23-21(29)14-20-24-26-27-25-20)19(28)13-15-5-11-18(12-6-15)31(2,3)4/h5-12,22H,13-14H2,1-4H3,(H,23,29)(H,24,25,26,27). The Morgan fingerprint density at radius 1 is 1.03 bits per heavy atom. The summed E-state index contributed by atoms with van der Waals surface area (Å²) in [7, 11) is 0.172. The van der Waals surface area contributed by atoms with E-state index in [4.69, 9.17) is 4.74 Å². The minimum atomic E-state index is -1.41. The number of benzene rings is 2. The molecule has 8 nitrogen and oxygen atoms in total. The van der Waals surface area contributed by atoms with Gasteiger partial charge in [-0.25, -0.2) is 0 Å². The third-order valence-electron chi connectivity index (χ3n) is 4.98. The van der Waals surface area contributed by atoms with Gasteiger partial charge in [-0.1, -0.05) is 66.4 Å². The van der Waals surface area contributed by atoms with Crippen LogP contribution in [0.5, 0.6) is 5.75 Å². The van der Waals surface area contributed by atoms with E-state index in [1.165, 1.54) is 5.19 Å². The van der Waals surface area contributed by atoms with Gasteiger partial charge in [0.15, 0.2) is 11.6 Å². The van der Waals surface area contributed by atoms with Crippen LogP contribution in [-0.2, 0) is 22.4 Å². The number of H-pyrrole nitrogens is 1. The molecule has 0 saturated carbocycles. The molecule has 3 aromatic rings. The van der Waals surface area contributed by atoms with E-state index in [-0.39, 0.29) is 30.4 Å². The summed E-state index contributed by atoms with van der Waals surface area (Å²) in [6.45, 7) is 6.85. The monoisotopic (exact) mass is 437 g/mol. The number of Topliss-reactive ketones (excluding diaryl/α,β-unsaturated/α-hetero) is 1. The Bertz CT molecular complexity index is 1010. The summed E-state index contributed by atoms with van der Waals surface area (Å²) in [5.41, 5.74) is 1.60. The maximum Gasteiger partial charge on any atom is 0.228 e. The number of tetrazole rings is 1. The Kier molecular flexibility index (Phi) is 6.96. The Hall–Kier alpha value is -3.33. The second-order valence-corrected chi connectivity index (χ2v) is 13.4. The number of nitrogens with one attached hydrogen (secondary N) is 2. The van der Waals surface area contributed by atoms with Gasteiger partial charge in [-0.05, 0) is 23.3 Å². The van der Waals surface area contributed by atoms with Gasteiger partial charge in [0.25, 0.3) is 0 Å². The predicted molar refractivity (Wildman–Crippen MR) is 120 cm³/mol. The van der Waals surface area contributed by atoms with Gasteiger partial charge in [-0.3, -0.25) is 9.59 Å². The van der Waals surface area contributed by atoms with Crippen LogP contribution in [0.2, 0.25) is 19.6 Å². The lowest BCUT2D eigenvalue weighted by Crippen LogP contribution is -2.37. The Balaban J connectivity index is 1.78. The number of rotatable bonds is 9. The fourth-order valence-corrected chi connectivity index (χ4v) is 4.35. The van der Waals surface area contributed by atoms with Crippen molar-refractivity contribution in [2.45, 2.75) is 38.5 Å². The lowest BCUT2D eigenvalue weighted by atomic mass is 9.97. The number of hydrogen-bond donors (Lipinski definition) is 2. The zero-order valence-electron chi connectivity index (χ0n) is 18.2. The summed E-state index contributed by atoms with van der Waals surface area (Å²) in [6, 6.07) is 14.5. The highest BCUT2D eigenvalue weighted by atomic mass is 28.3. The topological polar surface area (TPSA) is 110 Å². The van der Waals surface area contributed by atoms with Crippen LogP contribution in [0.3, 0.4) is 0 Å². The van der Waals surface area contributed by atoms with E-state index in [1.807, 2.05) is 12.1 Å². The molecule has 3 rings (SSSR count). The van der Waals surface area contributed by atoms with Crippen molar-refractivity contribution in [2.24, 2.45) is 0 Å². The molecule has 2 aromatic carbocycles. The minimum absolute atomic E-state index is 0.0681. The van der Waals surface area contributed by atoms with Crippen LogP contribution in [0, 0.1) is 0 Å². The van der Waals surface area contributed by atoms with Gasteiger partial charge in [-0.2, -0.15) is 5.21 Å². The smallest absolute Gasteiger partial charge is 0.228 e. The first-order valence-electron chi connectivity index (χ1n) is 10.0. The van der Waals surface area contributed by atoms with Crippen LogP contribution in [0.1, 0.15) is 23.0 Å². The normalized spacial score (nSPS) is 12.3. The first-order valence-corrected chi connectivity index (χ1v) is 13.5. The third-order valence-corrected chi connectivity index (χ3v) is 7.05. The summed E-state index contributed by atoms with van der Waals surface area (Å²) < 4.78 is 5.20. The molecule has 1 heterocycles. The first kappa shape index (κ1) is 22.4. The molecule has 2 N–H and O–H groups in total. The van der Waals surface area contributed by atoms with Crippen LogP contribution < -0.4 is 15.2 Å². The molecule has 0 aliphatic carbocycles. The van der Waals surface area contributed by atoms with Gasteiger partial charge < -0.3 is 10.1 Å². The van der Waals surface area contributed by atoms with Crippen molar-refractivity contribution < 1.29 is 14.3 Å². The number of ether oxygens (including phenoxy) is 1. The fourth-order valence-electron chi connectivity index (χ4n) is 3.18. The number of methoxy groups -OCH3 is 1. The molecule has 31 heavy (non-hydrogen) atoms. The first-order chi connectivity index (χ1) is 14.8. The van der Waals surface area contributed by atoms with Crippen LogP contribution >= 0.6 is 0 Å². The lowest BCUT2D eigenvalue weighted by Gasteiger charge is -2.19. The molecule has 1 aromatic heterocycles. The van der Waals surface area contributed by atoms with Crippen molar-refractivity contribution in [1.29, 1.82) is 0 Å². The van der Waals surface area contributed by atoms with E-state index in [0.29, 0.717) is 11.3 Å². The largest absolute Gasteiger partial charge is 0.497 e. The maximum absolute atomic E-state index is 13.2. The van der Waals surface area contributed by atoms with Crippen molar-refractivity contribution >= 4 is 25.0 Å². The van der Waals surface area contributed by atoms with Crippen LogP contribution in [-0.4, -0.2) is 47.5 Å². The van der Waals surface area contributed by atoms with E-state index < -0.39 is 14.1 Å². The number of aromatic amines is 1. The van der Waals surface area contributed by atoms with Gasteiger partial charge in [0.1, 0.15) is 11.8 Å². The van der Waals surface area contributed by atoms with Gasteiger partial charge >= 0.3 is 0 Å². The summed E-state index contributed by atoms with van der Waals surface area (Å²) in [6.07, 6.45) is 0.145. The maximum atomic E-state index is 13.2. The van der Waals surface area contributed by atoms with Crippen molar-refractivity contribution in [2.75, 3.05) is 7.11 Å². The number of hydrogen-bond acceptors (Lipinski definition) is 6. The molecule has 0 spiro atoms. The molecule has 1 atom stereocenters. The number of ketones is 1. The number of amides is 1. The number of carbonyl (C=O) groups excluding carboxylic acids is 2. The molecular formula is C22H27N5O3Si. The Labute approximate surface area is 182 Å². The van der Waals surface area contributed by atoms with Crippen LogP contribution in [0.25, 0.3) is 0 Å². The van der Waals surface area contributed by atoms with Gasteiger partial charge in [0.2, 0.25) is 5.91 Å². The zero-order valence-corrected chi connectivity index (χ0v) is 19.2. The summed E-state index contributed by atoms with van der Waals surface area (Å²) in [5.74, 6) is 0.479. The quantitative estimate of drug-likeness (QED) is 0.495. The summed E-state index contributed by atoms with van der Waals surface area (Å²) in [5, 5.41) is 17.5. The second kappa shape index (κ2) is 9.65. The fraction of sp³-hybridized carbons (Fsp3) is 0.318. The molecule has 0 aliphatic rings. The van der Waals surface area contributed by atoms with E-state index in [2.05, 4.69) is 57.7 Å². The highest BCUT2D eigenvalue weighted by molar-refractivity contribution is 6.88. The zero-order chi connectivity index (χ0) is 22.4. The van der Waals surface area contributed by atoms with E-state index >= 15 is 0 Å². The van der Waals surface area contributed by atoms with Gasteiger partial charge in [0, 0.05) is 6.42 Å². The molecule has 0 radical (unpaired) electrons. The second-order valence-electron chi connectivity index (χ2n) is 8.37. The molecule has 162 valence electrons. The van der Waals surface area contributed by atoms with Crippen molar-refractivity contribution in [1.82, 2.24) is 25.9 Å². The lowest BCUT2D eigenvalue weighted by molar-refractivity contribution is -0.127. The Morgan fingerprint density at radius 2 is 1.71 bits per heavy atom. The van der Waals surface area contributed by atoms with E-state index in [1.54, 1.807) is 31.4 Å². The number of nitrogens with zero attached hydrogens (tertiary/aromatic N) is 3. The Morgan fingerprint density at radius 3 is 2.26 bits per heavy atom.